The summed E-state index contributed by atoms with van der Waals surface area (Å²) in [6, 6.07) is 19.1. The minimum absolute atomic E-state index is 0.228. The maximum Gasteiger partial charge on any atom is 0.293 e. The van der Waals surface area contributed by atoms with Gasteiger partial charge in [0.25, 0.3) is 11.1 Å². The zero-order valence-corrected chi connectivity index (χ0v) is 18.2. The molecule has 0 bridgehead atoms. The molecule has 2 amide bonds. The van der Waals surface area contributed by atoms with Crippen LogP contribution >= 0.6 is 23.4 Å². The molecule has 3 aromatic rings. The second-order valence-electron chi connectivity index (χ2n) is 7.11. The molecule has 0 aliphatic carbocycles. The van der Waals surface area contributed by atoms with Crippen LogP contribution in [0.15, 0.2) is 71.8 Å². The van der Waals surface area contributed by atoms with E-state index in [9.17, 15) is 9.59 Å². The van der Waals surface area contributed by atoms with Crippen molar-refractivity contribution in [1.29, 1.82) is 0 Å². The molecule has 30 heavy (non-hydrogen) atoms. The van der Waals surface area contributed by atoms with Crippen molar-refractivity contribution in [3.63, 3.8) is 0 Å². The van der Waals surface area contributed by atoms with Crippen LogP contribution in [0, 0.1) is 0 Å². The number of aromatic nitrogens is 1. The van der Waals surface area contributed by atoms with Gasteiger partial charge in [0.2, 0.25) is 0 Å². The molecule has 7 heteroatoms. The molecule has 0 saturated carbocycles. The second kappa shape index (κ2) is 8.42. The van der Waals surface area contributed by atoms with Crippen LogP contribution in [0.25, 0.3) is 11.8 Å². The molecule has 2 heterocycles. The topological polar surface area (TPSA) is 45.6 Å². The molecular weight excluding hydrogens is 418 g/mol. The van der Waals surface area contributed by atoms with Gasteiger partial charge in [0.05, 0.1) is 11.4 Å². The highest BCUT2D eigenvalue weighted by Crippen LogP contribution is 2.34. The van der Waals surface area contributed by atoms with Gasteiger partial charge in [-0.15, -0.1) is 0 Å². The van der Waals surface area contributed by atoms with Crippen LogP contribution in [0.4, 0.5) is 10.5 Å². The van der Waals surface area contributed by atoms with Gasteiger partial charge in [-0.25, -0.2) is 0 Å². The van der Waals surface area contributed by atoms with Crippen molar-refractivity contribution in [1.82, 2.24) is 9.47 Å². The molecule has 1 fully saturated rings. The maximum absolute atomic E-state index is 12.9. The largest absolute Gasteiger partial charge is 0.378 e. The minimum atomic E-state index is -0.282. The lowest BCUT2D eigenvalue weighted by Crippen LogP contribution is -2.27. The van der Waals surface area contributed by atoms with Gasteiger partial charge in [0, 0.05) is 42.4 Å². The molecule has 5 nitrogen and oxygen atoms in total. The van der Waals surface area contributed by atoms with Crippen molar-refractivity contribution in [3.05, 3.63) is 88.0 Å². The Kier molecular flexibility index (Phi) is 5.70. The summed E-state index contributed by atoms with van der Waals surface area (Å²) in [5.74, 6) is -0.282. The van der Waals surface area contributed by atoms with Crippen LogP contribution in [-0.4, -0.2) is 34.7 Å². The highest BCUT2D eigenvalue weighted by Gasteiger charge is 2.35. The number of imide groups is 1. The Morgan fingerprint density at radius 3 is 2.37 bits per heavy atom. The summed E-state index contributed by atoms with van der Waals surface area (Å²) in [6.07, 6.45) is 3.71. The summed E-state index contributed by atoms with van der Waals surface area (Å²) in [6.45, 7) is 0.228. The number of nitrogens with zero attached hydrogens (tertiary/aromatic N) is 3. The predicted octanol–water partition coefficient (Wildman–Crippen LogP) is 5.43. The van der Waals surface area contributed by atoms with E-state index in [4.69, 9.17) is 11.6 Å². The van der Waals surface area contributed by atoms with E-state index in [1.165, 1.54) is 4.90 Å². The van der Waals surface area contributed by atoms with Crippen molar-refractivity contribution in [2.45, 2.75) is 6.54 Å². The molecule has 1 aromatic heterocycles. The fourth-order valence-corrected chi connectivity index (χ4v) is 4.15. The third-order valence-electron chi connectivity index (χ3n) is 4.83. The van der Waals surface area contributed by atoms with Gasteiger partial charge in [-0.05, 0) is 71.9 Å². The standard InChI is InChI=1S/C23H20ClN3O2S/c1-25(2)18-9-11-19(12-10-18)26-13-3-4-20(26)14-21-22(28)27(23(29)30-21)15-16-5-7-17(24)8-6-16/h3-14H,15H2,1-2H3/b21-14-. The van der Waals surface area contributed by atoms with E-state index in [0.717, 1.165) is 34.4 Å². The average molecular weight is 438 g/mol. The van der Waals surface area contributed by atoms with E-state index < -0.39 is 0 Å². The molecule has 2 aromatic carbocycles. The Labute approximate surface area is 184 Å². The Morgan fingerprint density at radius 1 is 1.00 bits per heavy atom. The number of anilines is 1. The summed E-state index contributed by atoms with van der Waals surface area (Å²) in [5, 5.41) is 0.349. The average Bonchev–Trinajstić information content (AvgIpc) is 3.30. The number of carbonyl (C=O) groups excluding carboxylic acids is 2. The van der Waals surface area contributed by atoms with Gasteiger partial charge in [0.1, 0.15) is 0 Å². The first-order chi connectivity index (χ1) is 14.4. The zero-order valence-electron chi connectivity index (χ0n) is 16.6. The van der Waals surface area contributed by atoms with Gasteiger partial charge in [0.15, 0.2) is 0 Å². The number of thioether (sulfide) groups is 1. The SMILES string of the molecule is CN(C)c1ccc(-n2cccc2/C=C2\SC(=O)N(Cc3ccc(Cl)cc3)C2=O)cc1. The highest BCUT2D eigenvalue weighted by atomic mass is 35.5. The summed E-state index contributed by atoms with van der Waals surface area (Å²) >= 11 is 6.88. The lowest BCUT2D eigenvalue weighted by molar-refractivity contribution is -0.123. The van der Waals surface area contributed by atoms with Crippen molar-refractivity contribution >= 4 is 46.3 Å². The maximum atomic E-state index is 12.9. The monoisotopic (exact) mass is 437 g/mol. The van der Waals surface area contributed by atoms with E-state index in [0.29, 0.717) is 9.93 Å². The number of hydrogen-bond donors (Lipinski definition) is 0. The third kappa shape index (κ3) is 4.15. The number of hydrogen-bond acceptors (Lipinski definition) is 4. The van der Waals surface area contributed by atoms with Crippen LogP contribution in [0.5, 0.6) is 0 Å². The Morgan fingerprint density at radius 2 is 1.70 bits per heavy atom. The van der Waals surface area contributed by atoms with Gasteiger partial charge in [-0.2, -0.15) is 0 Å². The fraction of sp³-hybridized carbons (Fsp3) is 0.130. The molecule has 0 atom stereocenters. The number of carbonyl (C=O) groups is 2. The van der Waals surface area contributed by atoms with E-state index >= 15 is 0 Å². The first-order valence-electron chi connectivity index (χ1n) is 9.37. The van der Waals surface area contributed by atoms with Crippen molar-refractivity contribution in [3.8, 4) is 5.69 Å². The smallest absolute Gasteiger partial charge is 0.293 e. The molecule has 1 aliphatic rings. The van der Waals surface area contributed by atoms with Crippen molar-refractivity contribution in [2.24, 2.45) is 0 Å². The first-order valence-corrected chi connectivity index (χ1v) is 10.6. The van der Waals surface area contributed by atoms with Crippen LogP contribution in [0.1, 0.15) is 11.3 Å². The molecule has 0 spiro atoms. The predicted molar refractivity (Wildman–Crippen MR) is 123 cm³/mol. The van der Waals surface area contributed by atoms with E-state index in [-0.39, 0.29) is 17.7 Å². The van der Waals surface area contributed by atoms with E-state index in [1.54, 1.807) is 18.2 Å². The quantitative estimate of drug-likeness (QED) is 0.499. The minimum Gasteiger partial charge on any atom is -0.378 e. The fourth-order valence-electron chi connectivity index (χ4n) is 3.20. The van der Waals surface area contributed by atoms with Crippen LogP contribution in [-0.2, 0) is 11.3 Å². The Bertz CT molecular complexity index is 1120. The van der Waals surface area contributed by atoms with Crippen LogP contribution in [0.2, 0.25) is 5.02 Å². The molecule has 0 radical (unpaired) electrons. The summed E-state index contributed by atoms with van der Waals surface area (Å²) < 4.78 is 1.99. The number of benzene rings is 2. The number of amides is 2. The summed E-state index contributed by atoms with van der Waals surface area (Å²) in [5.41, 5.74) is 3.78. The lowest BCUT2D eigenvalue weighted by atomic mass is 10.2. The summed E-state index contributed by atoms with van der Waals surface area (Å²) in [4.78, 5) is 29.0. The molecular formula is C23H20ClN3O2S. The van der Waals surface area contributed by atoms with Crippen LogP contribution in [0.3, 0.4) is 0 Å². The third-order valence-corrected chi connectivity index (χ3v) is 5.99. The molecule has 4 rings (SSSR count). The molecule has 0 N–H and O–H groups in total. The molecule has 1 aliphatic heterocycles. The Hall–Kier alpha value is -2.96. The number of halogens is 1. The highest BCUT2D eigenvalue weighted by molar-refractivity contribution is 8.18. The second-order valence-corrected chi connectivity index (χ2v) is 8.54. The molecule has 0 unspecified atom stereocenters. The van der Waals surface area contributed by atoms with Crippen molar-refractivity contribution in [2.75, 3.05) is 19.0 Å². The van der Waals surface area contributed by atoms with Gasteiger partial charge in [-0.1, -0.05) is 23.7 Å². The molecule has 1 saturated heterocycles. The van der Waals surface area contributed by atoms with Crippen LogP contribution < -0.4 is 4.90 Å². The van der Waals surface area contributed by atoms with E-state index in [1.807, 2.05) is 78.3 Å². The number of rotatable bonds is 5. The van der Waals surface area contributed by atoms with Crippen molar-refractivity contribution < 1.29 is 9.59 Å². The summed E-state index contributed by atoms with van der Waals surface area (Å²) in [7, 11) is 3.99. The van der Waals surface area contributed by atoms with Gasteiger partial charge in [-0.3, -0.25) is 14.5 Å². The lowest BCUT2D eigenvalue weighted by Gasteiger charge is -2.14. The molecule has 152 valence electrons. The van der Waals surface area contributed by atoms with E-state index in [2.05, 4.69) is 0 Å². The zero-order chi connectivity index (χ0) is 21.3. The first kappa shape index (κ1) is 20.3. The Balaban J connectivity index is 1.57. The van der Waals surface area contributed by atoms with Gasteiger partial charge >= 0.3 is 0 Å². The normalized spacial score (nSPS) is 15.3. The van der Waals surface area contributed by atoms with Gasteiger partial charge < -0.3 is 9.47 Å².